The second-order valence-corrected chi connectivity index (χ2v) is 9.21. The van der Waals surface area contributed by atoms with Gasteiger partial charge in [0.25, 0.3) is 0 Å². The Morgan fingerprint density at radius 3 is 2.85 bits per heavy atom. The molecule has 0 unspecified atom stereocenters. The summed E-state index contributed by atoms with van der Waals surface area (Å²) in [7, 11) is 0. The number of thiazole rings is 2. The normalized spacial score (nSPS) is 11.1. The molecule has 27 heavy (non-hydrogen) atoms. The van der Waals surface area contributed by atoms with Crippen LogP contribution < -0.4 is 5.32 Å². The fourth-order valence-corrected chi connectivity index (χ4v) is 5.04. The fourth-order valence-electron chi connectivity index (χ4n) is 2.54. The van der Waals surface area contributed by atoms with Gasteiger partial charge in [0.1, 0.15) is 11.6 Å². The van der Waals surface area contributed by atoms with E-state index in [2.05, 4.69) is 20.7 Å². The molecule has 3 heterocycles. The minimum absolute atomic E-state index is 0.0272. The van der Waals surface area contributed by atoms with E-state index in [4.69, 9.17) is 4.74 Å². The van der Waals surface area contributed by atoms with Gasteiger partial charge in [-0.25, -0.2) is 9.97 Å². The number of rotatable bonds is 7. The first-order valence-electron chi connectivity index (χ1n) is 8.37. The average molecular weight is 416 g/mol. The summed E-state index contributed by atoms with van der Waals surface area (Å²) >= 11 is 4.88. The van der Waals surface area contributed by atoms with E-state index in [0.29, 0.717) is 13.2 Å². The molecule has 1 N–H and O–H groups in total. The number of carbonyl (C=O) groups excluding carboxylic acids is 1. The number of benzene rings is 1. The Bertz CT molecular complexity index is 1030. The van der Waals surface area contributed by atoms with Crippen molar-refractivity contribution in [2.75, 3.05) is 6.61 Å². The molecule has 138 valence electrons. The van der Waals surface area contributed by atoms with Crippen molar-refractivity contribution in [2.24, 2.45) is 0 Å². The molecule has 0 saturated carbocycles. The number of thiophene rings is 1. The first-order chi connectivity index (χ1) is 13.2. The summed E-state index contributed by atoms with van der Waals surface area (Å²) in [6.07, 6.45) is 0. The third kappa shape index (κ3) is 4.59. The molecule has 0 radical (unpaired) electrons. The number of nitrogens with one attached hydrogen (secondary N) is 1. The zero-order valence-electron chi connectivity index (χ0n) is 14.6. The van der Waals surface area contributed by atoms with Gasteiger partial charge in [-0.1, -0.05) is 12.1 Å². The molecule has 1 amide bonds. The number of amides is 1. The van der Waals surface area contributed by atoms with Crippen LogP contribution in [0.15, 0.2) is 41.8 Å². The van der Waals surface area contributed by atoms with Gasteiger partial charge >= 0.3 is 0 Å². The van der Waals surface area contributed by atoms with Crippen LogP contribution >= 0.6 is 34.0 Å². The van der Waals surface area contributed by atoms with Crippen LogP contribution in [0.5, 0.6) is 0 Å². The van der Waals surface area contributed by atoms with Crippen molar-refractivity contribution in [1.82, 2.24) is 15.3 Å². The molecule has 1 aromatic carbocycles. The Morgan fingerprint density at radius 1 is 1.15 bits per heavy atom. The van der Waals surface area contributed by atoms with E-state index in [1.54, 1.807) is 34.0 Å². The van der Waals surface area contributed by atoms with Crippen molar-refractivity contribution >= 4 is 50.1 Å². The maximum absolute atomic E-state index is 12.0. The maximum Gasteiger partial charge on any atom is 0.246 e. The monoisotopic (exact) mass is 415 g/mol. The van der Waals surface area contributed by atoms with Gasteiger partial charge in [0.15, 0.2) is 0 Å². The summed E-state index contributed by atoms with van der Waals surface area (Å²) in [6.45, 7) is 2.87. The summed E-state index contributed by atoms with van der Waals surface area (Å²) in [5.74, 6) is -0.129. The number of nitrogens with zero attached hydrogens (tertiary/aromatic N) is 2. The van der Waals surface area contributed by atoms with E-state index in [1.807, 2.05) is 43.3 Å². The SMILES string of the molecule is Cc1nc(-c2ccc(CNC(=O)COCc3nc4ccccc4s3)s2)cs1. The summed E-state index contributed by atoms with van der Waals surface area (Å²) in [4.78, 5) is 23.2. The quantitative estimate of drug-likeness (QED) is 0.478. The summed E-state index contributed by atoms with van der Waals surface area (Å²) in [6, 6.07) is 12.0. The fraction of sp³-hybridized carbons (Fsp3) is 0.211. The topological polar surface area (TPSA) is 64.1 Å². The third-order valence-electron chi connectivity index (χ3n) is 3.79. The number of ether oxygens (including phenoxy) is 1. The predicted octanol–water partition coefficient (Wildman–Crippen LogP) is 4.62. The van der Waals surface area contributed by atoms with Gasteiger partial charge < -0.3 is 10.1 Å². The third-order valence-corrected chi connectivity index (χ3v) is 6.68. The lowest BCUT2D eigenvalue weighted by Gasteiger charge is -2.04. The molecular weight excluding hydrogens is 398 g/mol. The molecule has 3 aromatic heterocycles. The molecule has 4 aromatic rings. The Labute approximate surface area is 168 Å². The molecule has 0 spiro atoms. The predicted molar refractivity (Wildman–Crippen MR) is 111 cm³/mol. The molecular formula is C19H17N3O2S3. The minimum Gasteiger partial charge on any atom is -0.364 e. The highest BCUT2D eigenvalue weighted by molar-refractivity contribution is 7.18. The highest BCUT2D eigenvalue weighted by Crippen LogP contribution is 2.29. The van der Waals surface area contributed by atoms with Crippen molar-refractivity contribution in [3.63, 3.8) is 0 Å². The Balaban J connectivity index is 1.23. The lowest BCUT2D eigenvalue weighted by Crippen LogP contribution is -2.26. The lowest BCUT2D eigenvalue weighted by atomic mass is 10.3. The lowest BCUT2D eigenvalue weighted by molar-refractivity contribution is -0.126. The summed E-state index contributed by atoms with van der Waals surface area (Å²) in [5, 5.41) is 6.88. The van der Waals surface area contributed by atoms with Gasteiger partial charge in [-0.05, 0) is 31.2 Å². The van der Waals surface area contributed by atoms with Crippen LogP contribution in [0.1, 0.15) is 14.9 Å². The van der Waals surface area contributed by atoms with Gasteiger partial charge in [-0.3, -0.25) is 4.79 Å². The number of aryl methyl sites for hydroxylation is 1. The number of hydrogen-bond donors (Lipinski definition) is 1. The molecule has 0 aliphatic heterocycles. The van der Waals surface area contributed by atoms with Gasteiger partial charge in [-0.15, -0.1) is 34.0 Å². The second-order valence-electron chi connectivity index (χ2n) is 5.86. The number of carbonyl (C=O) groups is 1. The first-order valence-corrected chi connectivity index (χ1v) is 10.9. The van der Waals surface area contributed by atoms with Crippen LogP contribution in [0, 0.1) is 6.92 Å². The van der Waals surface area contributed by atoms with Crippen molar-refractivity contribution in [2.45, 2.75) is 20.1 Å². The molecule has 5 nitrogen and oxygen atoms in total. The Hall–Kier alpha value is -2.13. The highest BCUT2D eigenvalue weighted by Gasteiger charge is 2.09. The standard InChI is InChI=1S/C19H17N3O2S3/c1-12-21-15(11-25-12)17-7-6-13(26-17)8-20-18(23)9-24-10-19-22-14-4-2-3-5-16(14)27-19/h2-7,11H,8-10H2,1H3,(H,20,23). The number of fused-ring (bicyclic) bond motifs is 1. The largest absolute Gasteiger partial charge is 0.364 e. The molecule has 0 aliphatic rings. The van der Waals surface area contributed by atoms with Crippen LogP contribution in [0.2, 0.25) is 0 Å². The molecule has 0 fully saturated rings. The highest BCUT2D eigenvalue weighted by atomic mass is 32.1. The Kier molecular flexibility index (Phi) is 5.58. The smallest absolute Gasteiger partial charge is 0.246 e. The van der Waals surface area contributed by atoms with Crippen molar-refractivity contribution in [1.29, 1.82) is 0 Å². The van der Waals surface area contributed by atoms with E-state index < -0.39 is 0 Å². The maximum atomic E-state index is 12.0. The molecule has 4 rings (SSSR count). The first kappa shape index (κ1) is 18.2. The zero-order chi connectivity index (χ0) is 18.6. The average Bonchev–Trinajstić information content (AvgIpc) is 3.38. The number of para-hydroxylation sites is 1. The van der Waals surface area contributed by atoms with Crippen LogP contribution in [-0.4, -0.2) is 22.5 Å². The van der Waals surface area contributed by atoms with E-state index in [1.165, 1.54) is 0 Å². The van der Waals surface area contributed by atoms with E-state index >= 15 is 0 Å². The number of hydrogen-bond acceptors (Lipinski definition) is 7. The molecule has 0 aliphatic carbocycles. The molecule has 0 atom stereocenters. The molecule has 0 bridgehead atoms. The van der Waals surface area contributed by atoms with Crippen molar-refractivity contribution in [3.05, 3.63) is 56.7 Å². The van der Waals surface area contributed by atoms with Crippen molar-refractivity contribution in [3.8, 4) is 10.6 Å². The molecule has 0 saturated heterocycles. The van der Waals surface area contributed by atoms with Gasteiger partial charge in [0.2, 0.25) is 5.91 Å². The van der Waals surface area contributed by atoms with Crippen LogP contribution in [-0.2, 0) is 22.7 Å². The van der Waals surface area contributed by atoms with Gasteiger partial charge in [0.05, 0.1) is 38.9 Å². The van der Waals surface area contributed by atoms with E-state index in [9.17, 15) is 4.79 Å². The molecule has 8 heteroatoms. The van der Waals surface area contributed by atoms with Gasteiger partial charge in [0, 0.05) is 10.3 Å². The minimum atomic E-state index is -0.129. The summed E-state index contributed by atoms with van der Waals surface area (Å²) in [5.41, 5.74) is 1.97. The number of aromatic nitrogens is 2. The van der Waals surface area contributed by atoms with Gasteiger partial charge in [-0.2, -0.15) is 0 Å². The van der Waals surface area contributed by atoms with E-state index in [-0.39, 0.29) is 12.5 Å². The van der Waals surface area contributed by atoms with E-state index in [0.717, 1.165) is 35.7 Å². The second kappa shape index (κ2) is 8.26. The van der Waals surface area contributed by atoms with Crippen LogP contribution in [0.4, 0.5) is 0 Å². The van der Waals surface area contributed by atoms with Crippen molar-refractivity contribution < 1.29 is 9.53 Å². The van der Waals surface area contributed by atoms with Crippen LogP contribution in [0.3, 0.4) is 0 Å². The zero-order valence-corrected chi connectivity index (χ0v) is 17.0. The summed E-state index contributed by atoms with van der Waals surface area (Å²) < 4.78 is 6.64. The van der Waals surface area contributed by atoms with Crippen LogP contribution in [0.25, 0.3) is 20.8 Å². The Morgan fingerprint density at radius 2 is 2.04 bits per heavy atom.